The van der Waals surface area contributed by atoms with Gasteiger partial charge in [0, 0.05) is 33.2 Å². The summed E-state index contributed by atoms with van der Waals surface area (Å²) in [6.07, 6.45) is 1.84. The number of hydrogen-bond acceptors (Lipinski definition) is 3. The predicted molar refractivity (Wildman–Crippen MR) is 83.1 cm³/mol. The van der Waals surface area contributed by atoms with E-state index in [0.717, 1.165) is 31.5 Å². The zero-order chi connectivity index (χ0) is 15.2. The summed E-state index contributed by atoms with van der Waals surface area (Å²) >= 11 is 0. The Hall–Kier alpha value is -1.59. The molecule has 1 aromatic carbocycles. The summed E-state index contributed by atoms with van der Waals surface area (Å²) in [6.45, 7) is 1.62. The van der Waals surface area contributed by atoms with Gasteiger partial charge in [0.05, 0.1) is 12.6 Å². The Labute approximate surface area is 126 Å². The van der Waals surface area contributed by atoms with Crippen molar-refractivity contribution in [2.24, 2.45) is 0 Å². The van der Waals surface area contributed by atoms with E-state index in [0.29, 0.717) is 6.04 Å². The highest BCUT2D eigenvalue weighted by atomic mass is 16.3. The van der Waals surface area contributed by atoms with Gasteiger partial charge >= 0.3 is 6.03 Å². The van der Waals surface area contributed by atoms with Gasteiger partial charge in [0.1, 0.15) is 0 Å². The molecule has 0 aliphatic carbocycles. The summed E-state index contributed by atoms with van der Waals surface area (Å²) in [5, 5.41) is 13.1. The number of urea groups is 1. The highest BCUT2D eigenvalue weighted by molar-refractivity contribution is 5.73. The molecule has 1 unspecified atom stereocenters. The minimum Gasteiger partial charge on any atom is -0.394 e. The molecule has 0 saturated carbocycles. The van der Waals surface area contributed by atoms with Crippen molar-refractivity contribution in [2.75, 3.05) is 33.8 Å². The van der Waals surface area contributed by atoms with Crippen LogP contribution in [0.1, 0.15) is 24.4 Å². The molecule has 0 spiro atoms. The van der Waals surface area contributed by atoms with Crippen molar-refractivity contribution in [1.29, 1.82) is 0 Å². The van der Waals surface area contributed by atoms with E-state index in [9.17, 15) is 9.90 Å². The van der Waals surface area contributed by atoms with Crippen LogP contribution in [0.15, 0.2) is 30.3 Å². The van der Waals surface area contributed by atoms with Crippen molar-refractivity contribution in [3.63, 3.8) is 0 Å². The SMILES string of the molecule is CN(C)C(=O)N1CCC(NC(CO)c2ccccc2)CC1. The Bertz CT molecular complexity index is 442. The Morgan fingerprint density at radius 1 is 1.33 bits per heavy atom. The Morgan fingerprint density at radius 3 is 2.48 bits per heavy atom. The van der Waals surface area contributed by atoms with Crippen LogP contribution >= 0.6 is 0 Å². The molecule has 5 heteroatoms. The molecule has 1 atom stereocenters. The second-order valence-corrected chi connectivity index (χ2v) is 5.75. The van der Waals surface area contributed by atoms with Crippen LogP contribution in [-0.4, -0.2) is 60.8 Å². The van der Waals surface area contributed by atoms with Gasteiger partial charge < -0.3 is 20.2 Å². The monoisotopic (exact) mass is 291 g/mol. The first kappa shape index (κ1) is 15.8. The number of aliphatic hydroxyl groups is 1. The highest BCUT2D eigenvalue weighted by Gasteiger charge is 2.25. The van der Waals surface area contributed by atoms with Crippen LogP contribution in [0, 0.1) is 0 Å². The van der Waals surface area contributed by atoms with Crippen LogP contribution in [-0.2, 0) is 0 Å². The van der Waals surface area contributed by atoms with Gasteiger partial charge in [-0.15, -0.1) is 0 Å². The lowest BCUT2D eigenvalue weighted by Gasteiger charge is -2.35. The molecule has 1 aliphatic rings. The first-order chi connectivity index (χ1) is 10.1. The van der Waals surface area contributed by atoms with Crippen LogP contribution in [0.4, 0.5) is 4.79 Å². The second kappa shape index (κ2) is 7.43. The first-order valence-corrected chi connectivity index (χ1v) is 7.50. The standard InChI is InChI=1S/C16H25N3O2/c1-18(2)16(21)19-10-8-14(9-11-19)17-15(12-20)13-6-4-3-5-7-13/h3-7,14-15,17,20H,8-12H2,1-2H3. The molecule has 1 aromatic rings. The summed E-state index contributed by atoms with van der Waals surface area (Å²) in [7, 11) is 3.56. The summed E-state index contributed by atoms with van der Waals surface area (Å²) in [5.74, 6) is 0. The summed E-state index contributed by atoms with van der Waals surface area (Å²) in [6, 6.07) is 10.4. The van der Waals surface area contributed by atoms with Crippen molar-refractivity contribution in [2.45, 2.75) is 24.9 Å². The highest BCUT2D eigenvalue weighted by Crippen LogP contribution is 2.18. The van der Waals surface area contributed by atoms with Crippen LogP contribution in [0.25, 0.3) is 0 Å². The van der Waals surface area contributed by atoms with Gasteiger partial charge in [0.25, 0.3) is 0 Å². The van der Waals surface area contributed by atoms with Gasteiger partial charge in [0.15, 0.2) is 0 Å². The number of likely N-dealkylation sites (tertiary alicyclic amines) is 1. The number of piperidine rings is 1. The number of nitrogens with zero attached hydrogens (tertiary/aromatic N) is 2. The Balaban J connectivity index is 1.86. The van der Waals surface area contributed by atoms with Crippen molar-refractivity contribution in [1.82, 2.24) is 15.1 Å². The van der Waals surface area contributed by atoms with Crippen molar-refractivity contribution in [3.8, 4) is 0 Å². The summed E-state index contributed by atoms with van der Waals surface area (Å²) in [5.41, 5.74) is 1.10. The topological polar surface area (TPSA) is 55.8 Å². The molecular formula is C16H25N3O2. The van der Waals surface area contributed by atoms with Gasteiger partial charge in [-0.05, 0) is 18.4 Å². The van der Waals surface area contributed by atoms with Gasteiger partial charge in [0.2, 0.25) is 0 Å². The van der Waals surface area contributed by atoms with Gasteiger partial charge in [-0.1, -0.05) is 30.3 Å². The zero-order valence-corrected chi connectivity index (χ0v) is 12.8. The number of nitrogens with one attached hydrogen (secondary N) is 1. The summed E-state index contributed by atoms with van der Waals surface area (Å²) in [4.78, 5) is 15.4. The lowest BCUT2D eigenvalue weighted by Crippen LogP contribution is -2.48. The van der Waals surface area contributed by atoms with E-state index in [2.05, 4.69) is 5.32 Å². The maximum absolute atomic E-state index is 11.9. The zero-order valence-electron chi connectivity index (χ0n) is 12.8. The lowest BCUT2D eigenvalue weighted by molar-refractivity contribution is 0.146. The fraction of sp³-hybridized carbons (Fsp3) is 0.562. The fourth-order valence-electron chi connectivity index (χ4n) is 2.74. The molecule has 2 N–H and O–H groups in total. The van der Waals surface area contributed by atoms with Crippen molar-refractivity contribution < 1.29 is 9.90 Å². The van der Waals surface area contributed by atoms with E-state index in [1.807, 2.05) is 35.2 Å². The number of hydrogen-bond donors (Lipinski definition) is 2. The number of carbonyl (C=O) groups is 1. The third kappa shape index (κ3) is 4.19. The maximum Gasteiger partial charge on any atom is 0.319 e. The van der Waals surface area contributed by atoms with Gasteiger partial charge in [-0.3, -0.25) is 0 Å². The molecule has 0 aromatic heterocycles. The second-order valence-electron chi connectivity index (χ2n) is 5.75. The fourth-order valence-corrected chi connectivity index (χ4v) is 2.74. The molecular weight excluding hydrogens is 266 g/mol. The van der Waals surface area contributed by atoms with Gasteiger partial charge in [-0.2, -0.15) is 0 Å². The Morgan fingerprint density at radius 2 is 1.95 bits per heavy atom. The van der Waals surface area contributed by atoms with Crippen LogP contribution in [0.5, 0.6) is 0 Å². The Kier molecular flexibility index (Phi) is 5.59. The minimum atomic E-state index is -0.0349. The number of benzene rings is 1. The van der Waals surface area contributed by atoms with Crippen molar-refractivity contribution in [3.05, 3.63) is 35.9 Å². The van der Waals surface area contributed by atoms with E-state index in [4.69, 9.17) is 0 Å². The molecule has 5 nitrogen and oxygen atoms in total. The lowest BCUT2D eigenvalue weighted by atomic mass is 10.0. The molecule has 1 heterocycles. The van der Waals surface area contributed by atoms with E-state index in [-0.39, 0.29) is 18.7 Å². The molecule has 1 aliphatic heterocycles. The van der Waals surface area contributed by atoms with E-state index >= 15 is 0 Å². The van der Waals surface area contributed by atoms with E-state index in [1.54, 1.807) is 19.0 Å². The smallest absolute Gasteiger partial charge is 0.319 e. The normalized spacial score (nSPS) is 17.6. The van der Waals surface area contributed by atoms with Crippen LogP contribution < -0.4 is 5.32 Å². The average molecular weight is 291 g/mol. The van der Waals surface area contributed by atoms with Crippen LogP contribution in [0.3, 0.4) is 0 Å². The number of amides is 2. The molecule has 0 bridgehead atoms. The number of rotatable bonds is 4. The summed E-state index contributed by atoms with van der Waals surface area (Å²) < 4.78 is 0. The van der Waals surface area contributed by atoms with Gasteiger partial charge in [-0.25, -0.2) is 4.79 Å². The molecule has 0 radical (unpaired) electrons. The molecule has 116 valence electrons. The number of carbonyl (C=O) groups excluding carboxylic acids is 1. The largest absolute Gasteiger partial charge is 0.394 e. The maximum atomic E-state index is 11.9. The molecule has 2 amide bonds. The van der Waals surface area contributed by atoms with Crippen LogP contribution in [0.2, 0.25) is 0 Å². The number of aliphatic hydroxyl groups excluding tert-OH is 1. The molecule has 2 rings (SSSR count). The predicted octanol–water partition coefficient (Wildman–Crippen LogP) is 1.46. The average Bonchev–Trinajstić information content (AvgIpc) is 2.53. The van der Waals surface area contributed by atoms with Crippen molar-refractivity contribution >= 4 is 6.03 Å². The van der Waals surface area contributed by atoms with E-state index < -0.39 is 0 Å². The first-order valence-electron chi connectivity index (χ1n) is 7.50. The molecule has 1 saturated heterocycles. The molecule has 1 fully saturated rings. The quantitative estimate of drug-likeness (QED) is 0.883. The molecule has 21 heavy (non-hydrogen) atoms. The van der Waals surface area contributed by atoms with E-state index in [1.165, 1.54) is 0 Å². The third-order valence-corrected chi connectivity index (χ3v) is 3.97. The third-order valence-electron chi connectivity index (χ3n) is 3.97. The minimum absolute atomic E-state index is 0.0349.